The first-order chi connectivity index (χ1) is 13.6. The fourth-order valence-electron chi connectivity index (χ4n) is 4.66. The predicted octanol–water partition coefficient (Wildman–Crippen LogP) is 3.07. The second-order valence-corrected chi connectivity index (χ2v) is 8.06. The molecule has 6 heteroatoms. The Balaban J connectivity index is 1.36. The van der Waals surface area contributed by atoms with E-state index in [9.17, 15) is 9.59 Å². The van der Waals surface area contributed by atoms with Crippen molar-refractivity contribution < 1.29 is 19.4 Å². The first kappa shape index (κ1) is 20.8. The third-order valence-electron chi connectivity index (χ3n) is 6.04. The van der Waals surface area contributed by atoms with E-state index < -0.39 is 5.97 Å². The van der Waals surface area contributed by atoms with Gasteiger partial charge in [0.25, 0.3) is 0 Å². The maximum atomic E-state index is 12.1. The number of fused-ring (bicyclic) bond motifs is 2. The van der Waals surface area contributed by atoms with Gasteiger partial charge in [0.15, 0.2) is 0 Å². The van der Waals surface area contributed by atoms with Crippen LogP contribution in [0.2, 0.25) is 0 Å². The van der Waals surface area contributed by atoms with Crippen LogP contribution in [-0.4, -0.2) is 35.7 Å². The molecule has 4 atom stereocenters. The number of unbranched alkanes of at least 4 members (excludes halogenated alkanes) is 3. The monoisotopic (exact) mass is 388 g/mol. The minimum Gasteiger partial charge on any atom is -0.481 e. The number of hydrazine groups is 1. The third-order valence-corrected chi connectivity index (χ3v) is 6.04. The quantitative estimate of drug-likeness (QED) is 0.378. The maximum absolute atomic E-state index is 12.1. The molecule has 0 aliphatic carbocycles. The van der Waals surface area contributed by atoms with Gasteiger partial charge in [-0.05, 0) is 37.2 Å². The molecule has 6 nitrogen and oxygen atoms in total. The molecule has 2 aliphatic rings. The molecule has 0 aromatic heterocycles. The molecule has 2 fully saturated rings. The number of carboxylic acids is 1. The van der Waals surface area contributed by atoms with E-state index in [1.165, 1.54) is 0 Å². The third kappa shape index (κ3) is 6.04. The Labute approximate surface area is 167 Å². The van der Waals surface area contributed by atoms with Crippen molar-refractivity contribution >= 4 is 11.9 Å². The summed E-state index contributed by atoms with van der Waals surface area (Å²) in [4.78, 5) is 22.7. The maximum Gasteiger partial charge on any atom is 0.303 e. The summed E-state index contributed by atoms with van der Waals surface area (Å²) in [5.74, 6) is 0.249. The van der Waals surface area contributed by atoms with E-state index in [1.807, 2.05) is 30.3 Å². The summed E-state index contributed by atoms with van der Waals surface area (Å²) in [6, 6.07) is 9.73. The van der Waals surface area contributed by atoms with Crippen LogP contribution >= 0.6 is 0 Å². The lowest BCUT2D eigenvalue weighted by Crippen LogP contribution is -2.44. The van der Waals surface area contributed by atoms with E-state index in [4.69, 9.17) is 9.84 Å². The van der Waals surface area contributed by atoms with Gasteiger partial charge < -0.3 is 9.84 Å². The van der Waals surface area contributed by atoms with E-state index in [1.54, 1.807) is 0 Å². The predicted molar refractivity (Wildman–Crippen MR) is 107 cm³/mol. The number of hydrogen-bond acceptors (Lipinski definition) is 4. The number of carbonyl (C=O) groups excluding carboxylic acids is 1. The molecule has 2 saturated heterocycles. The van der Waals surface area contributed by atoms with E-state index in [2.05, 4.69) is 10.9 Å². The van der Waals surface area contributed by atoms with Crippen LogP contribution in [0.25, 0.3) is 0 Å². The molecule has 28 heavy (non-hydrogen) atoms. The number of benzene rings is 1. The number of carboxylic acid groups (broad SMARTS) is 1. The Hall–Kier alpha value is -1.92. The van der Waals surface area contributed by atoms with Crippen molar-refractivity contribution in [2.75, 3.05) is 6.54 Å². The van der Waals surface area contributed by atoms with E-state index in [-0.39, 0.29) is 12.3 Å². The van der Waals surface area contributed by atoms with Crippen LogP contribution in [0.4, 0.5) is 0 Å². The topological polar surface area (TPSA) is 87.7 Å². The Kier molecular flexibility index (Phi) is 7.86. The molecule has 2 bridgehead atoms. The van der Waals surface area contributed by atoms with Crippen molar-refractivity contribution in [3.63, 3.8) is 0 Å². The minimum absolute atomic E-state index is 0.0229. The molecular formula is C22H32N2O4. The van der Waals surface area contributed by atoms with Crippen molar-refractivity contribution in [1.82, 2.24) is 10.9 Å². The number of rotatable bonds is 12. The molecule has 4 unspecified atom stereocenters. The van der Waals surface area contributed by atoms with E-state index in [0.29, 0.717) is 30.5 Å². The van der Waals surface area contributed by atoms with Crippen molar-refractivity contribution in [2.24, 2.45) is 11.8 Å². The van der Waals surface area contributed by atoms with Gasteiger partial charge >= 0.3 is 5.97 Å². The minimum atomic E-state index is -0.707. The molecule has 154 valence electrons. The second kappa shape index (κ2) is 10.6. The van der Waals surface area contributed by atoms with Gasteiger partial charge in [0, 0.05) is 18.9 Å². The van der Waals surface area contributed by atoms with Crippen LogP contribution in [-0.2, 0) is 20.7 Å². The molecule has 1 aromatic rings. The molecule has 2 aliphatic heterocycles. The summed E-state index contributed by atoms with van der Waals surface area (Å²) in [5, 5.41) is 8.70. The van der Waals surface area contributed by atoms with Crippen molar-refractivity contribution in [1.29, 1.82) is 0 Å². The lowest BCUT2D eigenvalue weighted by atomic mass is 9.76. The lowest BCUT2D eigenvalue weighted by molar-refractivity contribution is -0.137. The van der Waals surface area contributed by atoms with E-state index in [0.717, 1.165) is 57.1 Å². The van der Waals surface area contributed by atoms with Gasteiger partial charge in [-0.25, -0.2) is 5.43 Å². The zero-order valence-corrected chi connectivity index (χ0v) is 16.4. The van der Waals surface area contributed by atoms with Crippen molar-refractivity contribution in [2.45, 2.75) is 70.0 Å². The van der Waals surface area contributed by atoms with Gasteiger partial charge in [-0.3, -0.25) is 15.0 Å². The standard InChI is InChI=1S/C22H32N2O4/c25-21(14-16-8-4-3-5-9-16)24-23-15-18-17(19-12-13-20(18)28-19)10-6-1-2-7-11-22(26)27/h3-5,8-9,17-20,23H,1-2,6-7,10-15H2,(H,24,25)(H,26,27). The van der Waals surface area contributed by atoms with Gasteiger partial charge in [-0.15, -0.1) is 0 Å². The molecule has 0 radical (unpaired) electrons. The van der Waals surface area contributed by atoms with Crippen LogP contribution in [0.1, 0.15) is 56.9 Å². The Morgan fingerprint density at radius 1 is 1.00 bits per heavy atom. The summed E-state index contributed by atoms with van der Waals surface area (Å²) in [7, 11) is 0. The highest BCUT2D eigenvalue weighted by Gasteiger charge is 2.47. The zero-order valence-electron chi connectivity index (χ0n) is 16.4. The number of ether oxygens (including phenoxy) is 1. The molecule has 1 amide bonds. The fraction of sp³-hybridized carbons (Fsp3) is 0.636. The van der Waals surface area contributed by atoms with Crippen LogP contribution in [0, 0.1) is 11.8 Å². The van der Waals surface area contributed by atoms with Crippen molar-refractivity contribution in [3.05, 3.63) is 35.9 Å². The van der Waals surface area contributed by atoms with Gasteiger partial charge in [0.1, 0.15) is 0 Å². The Morgan fingerprint density at radius 2 is 1.71 bits per heavy atom. The molecule has 3 N–H and O–H groups in total. The van der Waals surface area contributed by atoms with Gasteiger partial charge in [-0.2, -0.15) is 0 Å². The number of aliphatic carboxylic acids is 1. The van der Waals surface area contributed by atoms with Gasteiger partial charge in [0.05, 0.1) is 18.6 Å². The summed E-state index contributed by atoms with van der Waals surface area (Å²) in [6.45, 7) is 0.741. The SMILES string of the molecule is O=C(O)CCCCCCC1C2CCC(O2)C1CNNC(=O)Cc1ccccc1. The second-order valence-electron chi connectivity index (χ2n) is 8.06. The molecular weight excluding hydrogens is 356 g/mol. The van der Waals surface area contributed by atoms with E-state index >= 15 is 0 Å². The van der Waals surface area contributed by atoms with Crippen LogP contribution < -0.4 is 10.9 Å². The number of nitrogens with one attached hydrogen (secondary N) is 2. The van der Waals surface area contributed by atoms with Crippen molar-refractivity contribution in [3.8, 4) is 0 Å². The molecule has 3 rings (SSSR count). The summed E-state index contributed by atoms with van der Waals surface area (Å²) in [5.41, 5.74) is 6.98. The zero-order chi connectivity index (χ0) is 19.8. The fourth-order valence-corrected chi connectivity index (χ4v) is 4.66. The summed E-state index contributed by atoms with van der Waals surface area (Å²) < 4.78 is 6.13. The highest BCUT2D eigenvalue weighted by atomic mass is 16.5. The summed E-state index contributed by atoms with van der Waals surface area (Å²) in [6.07, 6.45) is 8.63. The molecule has 2 heterocycles. The summed E-state index contributed by atoms with van der Waals surface area (Å²) >= 11 is 0. The smallest absolute Gasteiger partial charge is 0.303 e. The van der Waals surface area contributed by atoms with Crippen LogP contribution in [0.15, 0.2) is 30.3 Å². The molecule has 0 spiro atoms. The van der Waals surface area contributed by atoms with Crippen LogP contribution in [0.5, 0.6) is 0 Å². The average Bonchev–Trinajstić information content (AvgIpc) is 3.27. The van der Waals surface area contributed by atoms with Gasteiger partial charge in [0.2, 0.25) is 5.91 Å². The molecule has 0 saturated carbocycles. The number of hydrogen-bond donors (Lipinski definition) is 3. The molecule has 1 aromatic carbocycles. The first-order valence-electron chi connectivity index (χ1n) is 10.6. The largest absolute Gasteiger partial charge is 0.481 e. The first-order valence-corrected chi connectivity index (χ1v) is 10.6. The lowest BCUT2D eigenvalue weighted by Gasteiger charge is -2.28. The highest BCUT2D eigenvalue weighted by Crippen LogP contribution is 2.45. The average molecular weight is 389 g/mol. The number of amides is 1. The number of carbonyl (C=O) groups is 2. The highest BCUT2D eigenvalue weighted by molar-refractivity contribution is 5.78. The Bertz CT molecular complexity index is 637. The van der Waals surface area contributed by atoms with Crippen LogP contribution in [0.3, 0.4) is 0 Å². The Morgan fingerprint density at radius 3 is 2.46 bits per heavy atom. The normalized spacial score (nSPS) is 25.7. The van der Waals surface area contributed by atoms with Gasteiger partial charge in [-0.1, -0.05) is 49.6 Å².